The Hall–Kier alpha value is -3.75. The molecule has 34 heavy (non-hydrogen) atoms. The first-order chi connectivity index (χ1) is 16.5. The number of carbonyl (C=O) groups is 3. The highest BCUT2D eigenvalue weighted by atomic mass is 16.5. The number of amides is 3. The fraction of sp³-hybridized carbons (Fsp3) is 0.292. The van der Waals surface area contributed by atoms with Gasteiger partial charge in [-0.15, -0.1) is 0 Å². The molecule has 2 aromatic rings. The smallest absolute Gasteiger partial charge is 0.267 e. The molecule has 0 aliphatic carbocycles. The summed E-state index contributed by atoms with van der Waals surface area (Å²) in [6, 6.07) is 12.6. The third kappa shape index (κ3) is 9.01. The van der Waals surface area contributed by atoms with Crippen LogP contribution in [-0.2, 0) is 14.3 Å². The summed E-state index contributed by atoms with van der Waals surface area (Å²) in [5.41, 5.74) is 9.34. The number of nitrogens with two attached hydrogens (primary N) is 1. The Bertz CT molecular complexity index is 1010. The van der Waals surface area contributed by atoms with Crippen molar-refractivity contribution in [1.82, 2.24) is 16.1 Å². The molecule has 0 fully saturated rings. The zero-order valence-corrected chi connectivity index (χ0v) is 18.9. The molecule has 0 spiro atoms. The Kier molecular flexibility index (Phi) is 11.2. The van der Waals surface area contributed by atoms with Crippen molar-refractivity contribution >= 4 is 23.4 Å². The summed E-state index contributed by atoms with van der Waals surface area (Å²) < 4.78 is 4.95. The third-order valence-corrected chi connectivity index (χ3v) is 4.62. The van der Waals surface area contributed by atoms with Crippen molar-refractivity contribution in [1.29, 1.82) is 0 Å². The maximum absolute atomic E-state index is 12.2. The number of hydrogen-bond acceptors (Lipinski definition) is 7. The van der Waals surface area contributed by atoms with E-state index in [2.05, 4.69) is 27.8 Å². The summed E-state index contributed by atoms with van der Waals surface area (Å²) in [6.07, 6.45) is 0.838. The Balaban J connectivity index is 1.88. The van der Waals surface area contributed by atoms with E-state index in [4.69, 9.17) is 15.7 Å². The summed E-state index contributed by atoms with van der Waals surface area (Å²) in [7, 11) is 1.64. The maximum Gasteiger partial charge on any atom is 0.267 e. The number of nitrogens with one attached hydrogen (secondary N) is 4. The lowest BCUT2D eigenvalue weighted by molar-refractivity contribution is -0.130. The van der Waals surface area contributed by atoms with E-state index in [1.165, 1.54) is 5.48 Å². The average Bonchev–Trinajstić information content (AvgIpc) is 2.86. The molecular weight excluding hydrogens is 438 g/mol. The molecule has 10 heteroatoms. The van der Waals surface area contributed by atoms with Crippen molar-refractivity contribution in [3.63, 3.8) is 0 Å². The van der Waals surface area contributed by atoms with Gasteiger partial charge in [0.05, 0.1) is 6.54 Å². The van der Waals surface area contributed by atoms with Crippen LogP contribution in [-0.4, -0.2) is 62.3 Å². The predicted octanol–water partition coefficient (Wildman–Crippen LogP) is 0.214. The fourth-order valence-corrected chi connectivity index (χ4v) is 2.79. The van der Waals surface area contributed by atoms with Gasteiger partial charge in [0.2, 0.25) is 5.91 Å². The normalized spacial score (nSPS) is 11.0. The number of benzene rings is 2. The van der Waals surface area contributed by atoms with Gasteiger partial charge in [0, 0.05) is 42.6 Å². The van der Waals surface area contributed by atoms with Crippen molar-refractivity contribution in [3.05, 3.63) is 65.2 Å². The summed E-state index contributed by atoms with van der Waals surface area (Å²) in [5, 5.41) is 17.0. The molecule has 0 heterocycles. The number of rotatable bonds is 11. The van der Waals surface area contributed by atoms with Gasteiger partial charge in [0.15, 0.2) is 0 Å². The fourth-order valence-electron chi connectivity index (χ4n) is 2.79. The maximum atomic E-state index is 12.2. The lowest BCUT2D eigenvalue weighted by atomic mass is 10.1. The van der Waals surface area contributed by atoms with Gasteiger partial charge in [-0.25, -0.2) is 5.48 Å². The highest BCUT2D eigenvalue weighted by molar-refractivity contribution is 5.97. The number of carbonyl (C=O) groups excluding carboxylic acids is 3. The molecule has 3 amide bonds. The largest absolute Gasteiger partial charge is 0.385 e. The van der Waals surface area contributed by atoms with E-state index in [-0.39, 0.29) is 19.0 Å². The molecule has 0 bridgehead atoms. The van der Waals surface area contributed by atoms with Gasteiger partial charge in [0.25, 0.3) is 11.8 Å². The molecule has 0 radical (unpaired) electrons. The summed E-state index contributed by atoms with van der Waals surface area (Å²) in [5.74, 6) is 4.61. The van der Waals surface area contributed by atoms with E-state index in [0.717, 1.165) is 12.0 Å². The van der Waals surface area contributed by atoms with Gasteiger partial charge in [0.1, 0.15) is 6.04 Å². The van der Waals surface area contributed by atoms with Crippen LogP contribution in [0.1, 0.15) is 27.9 Å². The molecule has 0 aliphatic heterocycles. The van der Waals surface area contributed by atoms with Crippen LogP contribution in [0.4, 0.5) is 5.69 Å². The van der Waals surface area contributed by atoms with Crippen LogP contribution in [0.3, 0.4) is 0 Å². The number of hydrogen-bond donors (Lipinski definition) is 6. The summed E-state index contributed by atoms with van der Waals surface area (Å²) in [6.45, 7) is 1.42. The molecular formula is C24H29N5O5. The molecule has 2 aromatic carbocycles. The zero-order valence-electron chi connectivity index (χ0n) is 18.9. The molecule has 1 atom stereocenters. The molecule has 0 saturated heterocycles. The van der Waals surface area contributed by atoms with Crippen LogP contribution in [0.25, 0.3) is 0 Å². The van der Waals surface area contributed by atoms with E-state index in [1.54, 1.807) is 55.6 Å². The second kappa shape index (κ2) is 14.4. The van der Waals surface area contributed by atoms with Crippen molar-refractivity contribution < 1.29 is 24.3 Å². The van der Waals surface area contributed by atoms with Crippen LogP contribution < -0.4 is 27.2 Å². The average molecular weight is 468 g/mol. The van der Waals surface area contributed by atoms with E-state index in [0.29, 0.717) is 30.0 Å². The quantitative estimate of drug-likeness (QED) is 0.119. The first kappa shape index (κ1) is 26.5. The number of ether oxygens (including phenoxy) is 1. The SMILES string of the molecule is COCCCNCC(=O)Nc1ccc(C#Cc2ccc(C(=O)N[C@@H](CN)C(=O)NO)cc2)cc1. The van der Waals surface area contributed by atoms with Crippen LogP contribution in [0.15, 0.2) is 48.5 Å². The summed E-state index contributed by atoms with van der Waals surface area (Å²) in [4.78, 5) is 35.6. The van der Waals surface area contributed by atoms with Gasteiger partial charge < -0.3 is 26.4 Å². The van der Waals surface area contributed by atoms with Crippen molar-refractivity contribution in [3.8, 4) is 11.8 Å². The number of methoxy groups -OCH3 is 1. The minimum atomic E-state index is -1.04. The van der Waals surface area contributed by atoms with Gasteiger partial charge in [-0.2, -0.15) is 0 Å². The highest BCUT2D eigenvalue weighted by Crippen LogP contribution is 2.09. The first-order valence-electron chi connectivity index (χ1n) is 10.6. The van der Waals surface area contributed by atoms with Gasteiger partial charge in [-0.3, -0.25) is 19.6 Å². The van der Waals surface area contributed by atoms with E-state index < -0.39 is 17.9 Å². The van der Waals surface area contributed by atoms with Crippen LogP contribution in [0, 0.1) is 11.8 Å². The zero-order chi connectivity index (χ0) is 24.8. The molecule has 0 saturated carbocycles. The third-order valence-electron chi connectivity index (χ3n) is 4.62. The Morgan fingerprint density at radius 3 is 2.21 bits per heavy atom. The second-order valence-electron chi connectivity index (χ2n) is 7.21. The Morgan fingerprint density at radius 2 is 1.65 bits per heavy atom. The van der Waals surface area contributed by atoms with Crippen molar-refractivity contribution in [2.24, 2.45) is 5.73 Å². The van der Waals surface area contributed by atoms with E-state index in [9.17, 15) is 14.4 Å². The molecule has 0 unspecified atom stereocenters. The lowest BCUT2D eigenvalue weighted by Gasteiger charge is -2.14. The van der Waals surface area contributed by atoms with Crippen LogP contribution >= 0.6 is 0 Å². The second-order valence-corrected chi connectivity index (χ2v) is 7.21. The van der Waals surface area contributed by atoms with Gasteiger partial charge in [-0.05, 0) is 61.5 Å². The molecule has 0 aliphatic rings. The Morgan fingerprint density at radius 1 is 1.03 bits per heavy atom. The molecule has 2 rings (SSSR count). The van der Waals surface area contributed by atoms with Crippen molar-refractivity contribution in [2.45, 2.75) is 12.5 Å². The standard InChI is InChI=1S/C24H29N5O5/c1-34-14-2-13-26-16-22(30)27-20-11-7-18(8-12-20)4-3-17-5-9-19(10-6-17)23(31)28-21(15-25)24(32)29-33/h5-12,21,26,33H,2,13-16,25H2,1H3,(H,27,30)(H,28,31)(H,29,32)/t21-/m0/s1. The van der Waals surface area contributed by atoms with Gasteiger partial charge in [-0.1, -0.05) is 11.8 Å². The van der Waals surface area contributed by atoms with Crippen LogP contribution in [0.5, 0.6) is 0 Å². The Labute approximate surface area is 198 Å². The van der Waals surface area contributed by atoms with E-state index in [1.807, 2.05) is 0 Å². The van der Waals surface area contributed by atoms with E-state index >= 15 is 0 Å². The summed E-state index contributed by atoms with van der Waals surface area (Å²) >= 11 is 0. The molecule has 7 N–H and O–H groups in total. The minimum absolute atomic E-state index is 0.129. The number of anilines is 1. The minimum Gasteiger partial charge on any atom is -0.385 e. The topological polar surface area (TPSA) is 155 Å². The van der Waals surface area contributed by atoms with Crippen LogP contribution in [0.2, 0.25) is 0 Å². The highest BCUT2D eigenvalue weighted by Gasteiger charge is 2.19. The van der Waals surface area contributed by atoms with Gasteiger partial charge >= 0.3 is 0 Å². The number of hydroxylamine groups is 1. The monoisotopic (exact) mass is 467 g/mol. The molecule has 0 aromatic heterocycles. The predicted molar refractivity (Wildman–Crippen MR) is 127 cm³/mol. The lowest BCUT2D eigenvalue weighted by Crippen LogP contribution is -2.50. The molecule has 10 nitrogen and oxygen atoms in total. The molecule has 180 valence electrons. The first-order valence-corrected chi connectivity index (χ1v) is 10.6. The van der Waals surface area contributed by atoms with Crippen molar-refractivity contribution in [2.75, 3.05) is 38.7 Å².